The van der Waals surface area contributed by atoms with Crippen LogP contribution in [0.3, 0.4) is 0 Å². The third-order valence-electron chi connectivity index (χ3n) is 4.35. The molecule has 0 aliphatic rings. The number of nitrogens with zero attached hydrogens (tertiary/aromatic N) is 1. The summed E-state index contributed by atoms with van der Waals surface area (Å²) in [7, 11) is 0. The molecule has 0 unspecified atom stereocenters. The Hall–Kier alpha value is -3.13. The van der Waals surface area contributed by atoms with Crippen molar-refractivity contribution in [1.82, 2.24) is 15.8 Å². The maximum absolute atomic E-state index is 12.2. The number of hydrogen-bond acceptors (Lipinski definition) is 6. The zero-order valence-corrected chi connectivity index (χ0v) is 18.0. The number of aryl methyl sites for hydroxylation is 1. The van der Waals surface area contributed by atoms with Crippen LogP contribution >= 0.6 is 11.3 Å². The number of oxazole rings is 1. The molecule has 0 saturated heterocycles. The average Bonchev–Trinajstić information content (AvgIpc) is 3.37. The topological polar surface area (TPSA) is 93.5 Å². The highest BCUT2D eigenvalue weighted by Crippen LogP contribution is 2.26. The van der Waals surface area contributed by atoms with Gasteiger partial charge in [0.15, 0.2) is 0 Å². The second-order valence-corrected chi connectivity index (χ2v) is 8.18. The first kappa shape index (κ1) is 21.6. The summed E-state index contributed by atoms with van der Waals surface area (Å²) >= 11 is 1.51. The summed E-state index contributed by atoms with van der Waals surface area (Å²) in [6, 6.07) is 10.6. The van der Waals surface area contributed by atoms with E-state index in [4.69, 9.17) is 9.15 Å². The van der Waals surface area contributed by atoms with Gasteiger partial charge < -0.3 is 9.15 Å². The third-order valence-corrected chi connectivity index (χ3v) is 5.21. The molecule has 8 heteroatoms. The standard InChI is InChI=1S/C22H25N3O4S/c1-14(2)10-11-28-17-8-6-16(7-9-17)21(27)25-24-20(26)13-18-15(3)29-22(23-18)19-5-4-12-30-19/h4-9,12,14H,10-11,13H2,1-3H3,(H,24,26)(H,25,27). The predicted octanol–water partition coefficient (Wildman–Crippen LogP) is 4.14. The molecule has 2 amide bonds. The van der Waals surface area contributed by atoms with E-state index in [0.717, 1.165) is 11.3 Å². The number of carbonyl (C=O) groups excluding carboxylic acids is 2. The maximum Gasteiger partial charge on any atom is 0.269 e. The molecule has 3 aromatic rings. The highest BCUT2D eigenvalue weighted by atomic mass is 32.1. The fourth-order valence-corrected chi connectivity index (χ4v) is 3.26. The summed E-state index contributed by atoms with van der Waals surface area (Å²) in [6.45, 7) is 6.67. The molecule has 0 aliphatic heterocycles. The fraction of sp³-hybridized carbons (Fsp3) is 0.318. The van der Waals surface area contributed by atoms with Crippen molar-refractivity contribution in [3.05, 3.63) is 58.8 Å². The summed E-state index contributed by atoms with van der Waals surface area (Å²) in [5.41, 5.74) is 5.78. The van der Waals surface area contributed by atoms with Crippen molar-refractivity contribution >= 4 is 23.2 Å². The van der Waals surface area contributed by atoms with Crippen molar-refractivity contribution in [3.63, 3.8) is 0 Å². The van der Waals surface area contributed by atoms with Gasteiger partial charge in [-0.25, -0.2) is 4.98 Å². The number of hydrazine groups is 1. The van der Waals surface area contributed by atoms with Gasteiger partial charge in [-0.15, -0.1) is 11.3 Å². The minimum atomic E-state index is -0.409. The minimum absolute atomic E-state index is 0.00359. The second kappa shape index (κ2) is 10.1. The lowest BCUT2D eigenvalue weighted by atomic mass is 10.1. The Kier molecular flexibility index (Phi) is 7.24. The van der Waals surface area contributed by atoms with Gasteiger partial charge in [0.2, 0.25) is 11.8 Å². The van der Waals surface area contributed by atoms with Gasteiger partial charge in [-0.1, -0.05) is 19.9 Å². The van der Waals surface area contributed by atoms with Crippen LogP contribution in [0.5, 0.6) is 5.75 Å². The lowest BCUT2D eigenvalue weighted by molar-refractivity contribution is -0.121. The molecule has 0 radical (unpaired) electrons. The molecule has 2 aromatic heterocycles. The zero-order chi connectivity index (χ0) is 21.5. The van der Waals surface area contributed by atoms with E-state index >= 15 is 0 Å². The first-order chi connectivity index (χ1) is 14.4. The number of thiophene rings is 1. The number of amides is 2. The van der Waals surface area contributed by atoms with Gasteiger partial charge in [-0.2, -0.15) is 0 Å². The molecule has 0 atom stereocenters. The quantitative estimate of drug-likeness (QED) is 0.527. The van der Waals surface area contributed by atoms with Crippen LogP contribution in [0.2, 0.25) is 0 Å². The van der Waals surface area contributed by atoms with Gasteiger partial charge in [-0.05, 0) is 55.0 Å². The molecular weight excluding hydrogens is 402 g/mol. The maximum atomic E-state index is 12.2. The highest BCUT2D eigenvalue weighted by molar-refractivity contribution is 7.13. The first-order valence-corrected chi connectivity index (χ1v) is 10.6. The lowest BCUT2D eigenvalue weighted by Crippen LogP contribution is -2.42. The van der Waals surface area contributed by atoms with E-state index in [0.29, 0.717) is 41.2 Å². The monoisotopic (exact) mass is 427 g/mol. The number of hydrogen-bond donors (Lipinski definition) is 2. The van der Waals surface area contributed by atoms with Crippen molar-refractivity contribution in [2.45, 2.75) is 33.6 Å². The summed E-state index contributed by atoms with van der Waals surface area (Å²) in [5, 5.41) is 1.93. The zero-order valence-electron chi connectivity index (χ0n) is 17.2. The average molecular weight is 428 g/mol. The molecular formula is C22H25N3O4S. The van der Waals surface area contributed by atoms with Crippen molar-refractivity contribution in [1.29, 1.82) is 0 Å². The van der Waals surface area contributed by atoms with Crippen molar-refractivity contribution in [3.8, 4) is 16.5 Å². The van der Waals surface area contributed by atoms with Gasteiger partial charge in [0.25, 0.3) is 5.91 Å². The van der Waals surface area contributed by atoms with Crippen LogP contribution in [0.1, 0.15) is 42.1 Å². The lowest BCUT2D eigenvalue weighted by Gasteiger charge is -2.09. The van der Waals surface area contributed by atoms with E-state index in [1.807, 2.05) is 17.5 Å². The number of ether oxygens (including phenoxy) is 1. The van der Waals surface area contributed by atoms with Crippen LogP contribution in [0.4, 0.5) is 0 Å². The largest absolute Gasteiger partial charge is 0.494 e. The predicted molar refractivity (Wildman–Crippen MR) is 115 cm³/mol. The van der Waals surface area contributed by atoms with Crippen LogP contribution in [0, 0.1) is 12.8 Å². The van der Waals surface area contributed by atoms with Gasteiger partial charge in [0.1, 0.15) is 11.5 Å². The smallest absolute Gasteiger partial charge is 0.269 e. The first-order valence-electron chi connectivity index (χ1n) is 9.74. The normalized spacial score (nSPS) is 10.8. The van der Waals surface area contributed by atoms with Gasteiger partial charge in [0, 0.05) is 5.56 Å². The Morgan fingerprint density at radius 3 is 2.60 bits per heavy atom. The Morgan fingerprint density at radius 2 is 1.93 bits per heavy atom. The van der Waals surface area contributed by atoms with E-state index in [-0.39, 0.29) is 12.3 Å². The molecule has 158 valence electrons. The fourth-order valence-electron chi connectivity index (χ4n) is 2.61. The molecule has 0 saturated carbocycles. The number of carbonyl (C=O) groups is 2. The van der Waals surface area contributed by atoms with Crippen molar-refractivity contribution in [2.75, 3.05) is 6.61 Å². The molecule has 7 nitrogen and oxygen atoms in total. The molecule has 0 aliphatic carbocycles. The highest BCUT2D eigenvalue weighted by Gasteiger charge is 2.16. The van der Waals surface area contributed by atoms with Gasteiger partial charge >= 0.3 is 0 Å². The van der Waals surface area contributed by atoms with Crippen molar-refractivity contribution < 1.29 is 18.7 Å². The summed E-state index contributed by atoms with van der Waals surface area (Å²) in [6.07, 6.45) is 0.970. The minimum Gasteiger partial charge on any atom is -0.494 e. The number of rotatable bonds is 8. The van der Waals surface area contributed by atoms with Crippen LogP contribution in [-0.4, -0.2) is 23.4 Å². The molecule has 2 heterocycles. The van der Waals surface area contributed by atoms with Crippen LogP contribution in [-0.2, 0) is 11.2 Å². The number of aromatic nitrogens is 1. The Bertz CT molecular complexity index is 978. The molecule has 0 fully saturated rings. The Morgan fingerprint density at radius 1 is 1.17 bits per heavy atom. The van der Waals surface area contributed by atoms with Crippen LogP contribution < -0.4 is 15.6 Å². The molecule has 0 bridgehead atoms. The summed E-state index contributed by atoms with van der Waals surface area (Å²) < 4.78 is 11.3. The Balaban J connectivity index is 1.48. The Labute approximate surface area is 179 Å². The third kappa shape index (κ3) is 5.93. The van der Waals surface area contributed by atoms with E-state index in [1.54, 1.807) is 31.2 Å². The van der Waals surface area contributed by atoms with Gasteiger partial charge in [0.05, 0.1) is 23.6 Å². The summed E-state index contributed by atoms with van der Waals surface area (Å²) in [4.78, 5) is 29.7. The second-order valence-electron chi connectivity index (χ2n) is 7.23. The number of nitrogens with one attached hydrogen (secondary N) is 2. The molecule has 3 rings (SSSR count). The molecule has 1 aromatic carbocycles. The van der Waals surface area contributed by atoms with Gasteiger partial charge in [-0.3, -0.25) is 20.4 Å². The van der Waals surface area contributed by atoms with Crippen LogP contribution in [0.25, 0.3) is 10.8 Å². The van der Waals surface area contributed by atoms with E-state index in [1.165, 1.54) is 11.3 Å². The van der Waals surface area contributed by atoms with E-state index in [9.17, 15) is 9.59 Å². The van der Waals surface area contributed by atoms with E-state index < -0.39 is 5.91 Å². The molecule has 0 spiro atoms. The summed E-state index contributed by atoms with van der Waals surface area (Å²) in [5.74, 6) is 1.55. The molecule has 30 heavy (non-hydrogen) atoms. The van der Waals surface area contributed by atoms with E-state index in [2.05, 4.69) is 29.7 Å². The number of benzene rings is 1. The van der Waals surface area contributed by atoms with Crippen LogP contribution in [0.15, 0.2) is 46.2 Å². The van der Waals surface area contributed by atoms with Crippen molar-refractivity contribution in [2.24, 2.45) is 5.92 Å². The molecule has 2 N–H and O–H groups in total. The SMILES string of the molecule is Cc1oc(-c2cccs2)nc1CC(=O)NNC(=O)c1ccc(OCCC(C)C)cc1.